The summed E-state index contributed by atoms with van der Waals surface area (Å²) in [6.45, 7) is 6.84. The molecule has 0 atom stereocenters. The van der Waals surface area contributed by atoms with Gasteiger partial charge in [0.05, 0.1) is 4.90 Å². The zero-order chi connectivity index (χ0) is 15.0. The predicted molar refractivity (Wildman–Crippen MR) is 82.0 cm³/mol. The fourth-order valence-electron chi connectivity index (χ4n) is 1.78. The normalized spacial score (nSPS) is 11.8. The van der Waals surface area contributed by atoms with Gasteiger partial charge < -0.3 is 10.1 Å². The Morgan fingerprint density at radius 2 is 1.80 bits per heavy atom. The smallest absolute Gasteiger partial charge is 0.175 e. The van der Waals surface area contributed by atoms with E-state index in [1.54, 1.807) is 24.3 Å². The minimum atomic E-state index is -3.13. The first-order valence-electron chi connectivity index (χ1n) is 7.03. The molecule has 0 spiro atoms. The molecule has 0 bridgehead atoms. The molecule has 1 rings (SSSR count). The van der Waals surface area contributed by atoms with Crippen LogP contribution in [-0.4, -0.2) is 34.4 Å². The van der Waals surface area contributed by atoms with Crippen LogP contribution in [0.25, 0.3) is 0 Å². The van der Waals surface area contributed by atoms with Gasteiger partial charge in [-0.1, -0.05) is 13.8 Å². The molecule has 0 radical (unpaired) electrons. The third-order valence-corrected chi connectivity index (χ3v) is 4.06. The Kier molecular flexibility index (Phi) is 7.02. The van der Waals surface area contributed by atoms with E-state index in [0.29, 0.717) is 17.3 Å². The lowest BCUT2D eigenvalue weighted by Gasteiger charge is -2.09. The Bertz CT molecular complexity index is 480. The molecule has 0 unspecified atom stereocenters. The largest absolute Gasteiger partial charge is 0.492 e. The van der Waals surface area contributed by atoms with Crippen LogP contribution in [0.4, 0.5) is 0 Å². The third-order valence-electron chi connectivity index (χ3n) is 2.93. The summed E-state index contributed by atoms with van der Waals surface area (Å²) in [6, 6.07) is 6.52. The summed E-state index contributed by atoms with van der Waals surface area (Å²) in [5, 5.41) is 3.33. The number of hydrogen-bond donors (Lipinski definition) is 1. The minimum Gasteiger partial charge on any atom is -0.492 e. The third kappa shape index (κ3) is 6.91. The highest BCUT2D eigenvalue weighted by Crippen LogP contribution is 2.15. The summed E-state index contributed by atoms with van der Waals surface area (Å²) >= 11 is 0. The molecule has 0 aliphatic carbocycles. The Hall–Kier alpha value is -1.07. The summed E-state index contributed by atoms with van der Waals surface area (Å²) in [6.07, 6.45) is 3.62. The lowest BCUT2D eigenvalue weighted by Crippen LogP contribution is -2.22. The molecule has 1 aromatic carbocycles. The molecule has 0 aliphatic heterocycles. The van der Waals surface area contributed by atoms with Crippen molar-refractivity contribution in [2.75, 3.05) is 26.0 Å². The van der Waals surface area contributed by atoms with Gasteiger partial charge >= 0.3 is 0 Å². The molecule has 114 valence electrons. The van der Waals surface area contributed by atoms with Crippen LogP contribution < -0.4 is 10.1 Å². The van der Waals surface area contributed by atoms with Crippen molar-refractivity contribution in [3.63, 3.8) is 0 Å². The van der Waals surface area contributed by atoms with E-state index in [1.165, 1.54) is 19.1 Å². The minimum absolute atomic E-state index is 0.316. The fourth-order valence-corrected chi connectivity index (χ4v) is 2.41. The lowest BCUT2D eigenvalue weighted by atomic mass is 10.1. The summed E-state index contributed by atoms with van der Waals surface area (Å²) in [5.41, 5.74) is 0. The molecular formula is C15H25NO3S. The average Bonchev–Trinajstić information content (AvgIpc) is 2.37. The fraction of sp³-hybridized carbons (Fsp3) is 0.600. The van der Waals surface area contributed by atoms with Gasteiger partial charge in [0.1, 0.15) is 12.4 Å². The number of hydrogen-bond acceptors (Lipinski definition) is 4. The molecule has 0 saturated carbocycles. The van der Waals surface area contributed by atoms with Crippen molar-refractivity contribution >= 4 is 9.84 Å². The van der Waals surface area contributed by atoms with Crippen LogP contribution in [0, 0.1) is 5.92 Å². The van der Waals surface area contributed by atoms with Gasteiger partial charge in [0.2, 0.25) is 0 Å². The van der Waals surface area contributed by atoms with E-state index < -0.39 is 9.84 Å². The van der Waals surface area contributed by atoms with Crippen LogP contribution in [0.15, 0.2) is 29.2 Å². The van der Waals surface area contributed by atoms with Crippen LogP contribution in [0.1, 0.15) is 26.7 Å². The van der Waals surface area contributed by atoms with Crippen molar-refractivity contribution < 1.29 is 13.2 Å². The van der Waals surface area contributed by atoms with Gasteiger partial charge in [0, 0.05) is 12.8 Å². The van der Waals surface area contributed by atoms with Crippen LogP contribution in [0.2, 0.25) is 0 Å². The highest BCUT2D eigenvalue weighted by molar-refractivity contribution is 7.90. The molecule has 0 fully saturated rings. The average molecular weight is 299 g/mol. The Morgan fingerprint density at radius 1 is 1.15 bits per heavy atom. The second-order valence-corrected chi connectivity index (χ2v) is 7.39. The standard InChI is InChI=1S/C15H25NO3S/c1-13(2)5-4-10-16-11-12-19-14-6-8-15(9-7-14)20(3,17)18/h6-9,13,16H,4-5,10-12H2,1-3H3. The highest BCUT2D eigenvalue weighted by Gasteiger charge is 2.06. The van der Waals surface area contributed by atoms with Crippen LogP contribution in [0.5, 0.6) is 5.75 Å². The van der Waals surface area contributed by atoms with Crippen molar-refractivity contribution in [3.8, 4) is 5.75 Å². The van der Waals surface area contributed by atoms with E-state index >= 15 is 0 Å². The van der Waals surface area contributed by atoms with Crippen LogP contribution in [0.3, 0.4) is 0 Å². The van der Waals surface area contributed by atoms with Crippen LogP contribution >= 0.6 is 0 Å². The van der Waals surface area contributed by atoms with E-state index in [9.17, 15) is 8.42 Å². The molecule has 1 aromatic rings. The van der Waals surface area contributed by atoms with E-state index in [-0.39, 0.29) is 0 Å². The summed E-state index contributed by atoms with van der Waals surface area (Å²) < 4.78 is 28.1. The Balaban J connectivity index is 2.20. The molecule has 4 nitrogen and oxygen atoms in total. The molecule has 0 saturated heterocycles. The molecule has 20 heavy (non-hydrogen) atoms. The first kappa shape index (κ1) is 17.0. The highest BCUT2D eigenvalue weighted by atomic mass is 32.2. The van der Waals surface area contributed by atoms with Crippen molar-refractivity contribution in [1.82, 2.24) is 5.32 Å². The van der Waals surface area contributed by atoms with E-state index in [0.717, 1.165) is 19.0 Å². The quantitative estimate of drug-likeness (QED) is 0.712. The SMILES string of the molecule is CC(C)CCCNCCOc1ccc(S(C)(=O)=O)cc1. The van der Waals surface area contributed by atoms with E-state index in [1.807, 2.05) is 0 Å². The topological polar surface area (TPSA) is 55.4 Å². The van der Waals surface area contributed by atoms with Crippen LogP contribution in [-0.2, 0) is 9.84 Å². The van der Waals surface area contributed by atoms with Gasteiger partial charge in [0.25, 0.3) is 0 Å². The summed E-state index contributed by atoms with van der Waals surface area (Å²) in [5.74, 6) is 1.45. The number of ether oxygens (including phenoxy) is 1. The number of nitrogens with one attached hydrogen (secondary N) is 1. The second kappa shape index (κ2) is 8.27. The molecule has 1 N–H and O–H groups in total. The maximum absolute atomic E-state index is 11.3. The molecule has 0 amide bonds. The van der Waals surface area contributed by atoms with Crippen molar-refractivity contribution in [2.24, 2.45) is 5.92 Å². The van der Waals surface area contributed by atoms with Gasteiger partial charge in [-0.3, -0.25) is 0 Å². The van der Waals surface area contributed by atoms with Crippen molar-refractivity contribution in [1.29, 1.82) is 0 Å². The molecule has 5 heteroatoms. The molecular weight excluding hydrogens is 274 g/mol. The molecule has 0 heterocycles. The first-order chi connectivity index (χ1) is 9.39. The lowest BCUT2D eigenvalue weighted by molar-refractivity contribution is 0.313. The predicted octanol–water partition coefficient (Wildman–Crippen LogP) is 2.49. The van der Waals surface area contributed by atoms with E-state index in [2.05, 4.69) is 19.2 Å². The number of benzene rings is 1. The molecule has 0 aromatic heterocycles. The number of rotatable bonds is 9. The first-order valence-corrected chi connectivity index (χ1v) is 8.92. The molecule has 0 aliphatic rings. The van der Waals surface area contributed by atoms with Gasteiger partial charge in [-0.05, 0) is 49.6 Å². The van der Waals surface area contributed by atoms with Gasteiger partial charge in [0.15, 0.2) is 9.84 Å². The maximum Gasteiger partial charge on any atom is 0.175 e. The zero-order valence-electron chi connectivity index (χ0n) is 12.6. The zero-order valence-corrected chi connectivity index (χ0v) is 13.4. The van der Waals surface area contributed by atoms with Gasteiger partial charge in [-0.15, -0.1) is 0 Å². The van der Waals surface area contributed by atoms with Gasteiger partial charge in [-0.25, -0.2) is 8.42 Å². The van der Waals surface area contributed by atoms with E-state index in [4.69, 9.17) is 4.74 Å². The summed E-state index contributed by atoms with van der Waals surface area (Å²) in [4.78, 5) is 0.316. The maximum atomic E-state index is 11.3. The van der Waals surface area contributed by atoms with Gasteiger partial charge in [-0.2, -0.15) is 0 Å². The van der Waals surface area contributed by atoms with Crippen molar-refractivity contribution in [3.05, 3.63) is 24.3 Å². The van der Waals surface area contributed by atoms with Crippen molar-refractivity contribution in [2.45, 2.75) is 31.6 Å². The second-order valence-electron chi connectivity index (χ2n) is 5.38. The number of sulfone groups is 1. The Morgan fingerprint density at radius 3 is 2.35 bits per heavy atom. The summed E-state index contributed by atoms with van der Waals surface area (Å²) in [7, 11) is -3.13. The Labute approximate surface area is 122 Å². The monoisotopic (exact) mass is 299 g/mol.